The molecule has 3 aromatic carbocycles. The van der Waals surface area contributed by atoms with Gasteiger partial charge in [-0.15, -0.1) is 0 Å². The minimum Gasteiger partial charge on any atom is -0.496 e. The highest BCUT2D eigenvalue weighted by Crippen LogP contribution is 2.34. The van der Waals surface area contributed by atoms with Crippen LogP contribution in [0, 0.1) is 14.1 Å². The maximum atomic E-state index is 13.7. The Hall–Kier alpha value is -2.47. The number of aromatic nitrogens is 2. The third kappa shape index (κ3) is 5.84. The van der Waals surface area contributed by atoms with Gasteiger partial charge in [0.15, 0.2) is 5.82 Å². The quantitative estimate of drug-likeness (QED) is 0.148. The molecule has 0 bridgehead atoms. The van der Waals surface area contributed by atoms with Crippen LogP contribution in [0.2, 0.25) is 0 Å². The summed E-state index contributed by atoms with van der Waals surface area (Å²) >= 11 is 4.54. The number of rotatable bonds is 7. The molecule has 37 heavy (non-hydrogen) atoms. The van der Waals surface area contributed by atoms with E-state index in [2.05, 4.69) is 70.2 Å². The zero-order valence-electron chi connectivity index (χ0n) is 21.7. The molecule has 1 heterocycles. The van der Waals surface area contributed by atoms with Crippen molar-refractivity contribution in [2.24, 2.45) is 5.10 Å². The molecule has 4 aromatic rings. The fourth-order valence-electron chi connectivity index (χ4n) is 4.10. The van der Waals surface area contributed by atoms with E-state index >= 15 is 0 Å². The highest BCUT2D eigenvalue weighted by Gasteiger charge is 2.18. The van der Waals surface area contributed by atoms with E-state index in [1.807, 2.05) is 57.2 Å². The maximum Gasteiger partial charge on any atom is 0.282 e. The molecule has 192 valence electrons. The van der Waals surface area contributed by atoms with Crippen molar-refractivity contribution in [2.45, 2.75) is 46.6 Å². The first-order valence-electron chi connectivity index (χ1n) is 12.0. The molecule has 4 rings (SSSR count). The molecule has 0 aliphatic heterocycles. The SMILES string of the molecule is COc1cc(C)c(-c2nc3ccccc3c(=O)n2N=Cc2cc(I)c(OC(C)C)c(I)c2)cc1C(C)C. The molecule has 0 unspecified atom stereocenters. The summed E-state index contributed by atoms with van der Waals surface area (Å²) in [6.45, 7) is 10.2. The van der Waals surface area contributed by atoms with Gasteiger partial charge in [-0.3, -0.25) is 4.79 Å². The Labute approximate surface area is 244 Å². The Morgan fingerprint density at radius 3 is 2.32 bits per heavy atom. The van der Waals surface area contributed by atoms with Crippen molar-refractivity contribution < 1.29 is 9.47 Å². The average molecular weight is 721 g/mol. The molecule has 0 radical (unpaired) electrons. The first-order valence-corrected chi connectivity index (χ1v) is 14.2. The van der Waals surface area contributed by atoms with Gasteiger partial charge in [0.2, 0.25) is 0 Å². The summed E-state index contributed by atoms with van der Waals surface area (Å²) in [6.07, 6.45) is 1.78. The lowest BCUT2D eigenvalue weighted by Gasteiger charge is -2.17. The molecule has 0 N–H and O–H groups in total. The smallest absolute Gasteiger partial charge is 0.282 e. The summed E-state index contributed by atoms with van der Waals surface area (Å²) < 4.78 is 15.0. The van der Waals surface area contributed by atoms with Crippen LogP contribution in [0.3, 0.4) is 0 Å². The molecule has 1 aromatic heterocycles. The minimum atomic E-state index is -0.220. The Balaban J connectivity index is 1.92. The van der Waals surface area contributed by atoms with Crippen LogP contribution < -0.4 is 15.0 Å². The summed E-state index contributed by atoms with van der Waals surface area (Å²) in [5.41, 5.74) is 4.12. The number of ether oxygens (including phenoxy) is 2. The van der Waals surface area contributed by atoms with Crippen LogP contribution in [-0.4, -0.2) is 29.1 Å². The summed E-state index contributed by atoms with van der Waals surface area (Å²) in [6, 6.07) is 15.4. The van der Waals surface area contributed by atoms with E-state index in [0.717, 1.165) is 40.9 Å². The van der Waals surface area contributed by atoms with Crippen LogP contribution in [0.5, 0.6) is 11.5 Å². The van der Waals surface area contributed by atoms with E-state index in [4.69, 9.17) is 14.5 Å². The molecule has 0 saturated carbocycles. The standard InChI is InChI=1S/C29H29I2N3O3/c1-16(2)21-14-22(18(5)11-26(21)36-6)28-33-25-10-8-7-9-20(25)29(35)34(28)32-15-19-12-23(30)27(24(31)13-19)37-17(3)4/h7-17H,1-6H3. The molecule has 0 spiro atoms. The number of hydrogen-bond acceptors (Lipinski definition) is 5. The topological polar surface area (TPSA) is 65.7 Å². The molecule has 0 amide bonds. The Morgan fingerprint density at radius 1 is 1.03 bits per heavy atom. The second-order valence-corrected chi connectivity index (χ2v) is 11.7. The zero-order chi connectivity index (χ0) is 26.9. The molecule has 0 fully saturated rings. The molecular formula is C29H29I2N3O3. The summed E-state index contributed by atoms with van der Waals surface area (Å²) in [4.78, 5) is 18.6. The lowest BCUT2D eigenvalue weighted by atomic mass is 9.96. The van der Waals surface area contributed by atoms with Crippen molar-refractivity contribution in [1.29, 1.82) is 0 Å². The first-order chi connectivity index (χ1) is 17.6. The van der Waals surface area contributed by atoms with E-state index in [9.17, 15) is 4.79 Å². The molecule has 8 heteroatoms. The van der Waals surface area contributed by atoms with E-state index < -0.39 is 0 Å². The van der Waals surface area contributed by atoms with E-state index in [1.165, 1.54) is 4.68 Å². The lowest BCUT2D eigenvalue weighted by molar-refractivity contribution is 0.239. The van der Waals surface area contributed by atoms with Crippen molar-refractivity contribution >= 4 is 62.3 Å². The van der Waals surface area contributed by atoms with Gasteiger partial charge in [0.05, 0.1) is 37.5 Å². The number of hydrogen-bond donors (Lipinski definition) is 0. The number of para-hydroxylation sites is 1. The lowest BCUT2D eigenvalue weighted by Crippen LogP contribution is -2.21. The third-order valence-corrected chi connectivity index (χ3v) is 7.49. The van der Waals surface area contributed by atoms with E-state index in [1.54, 1.807) is 19.4 Å². The number of halogens is 2. The van der Waals surface area contributed by atoms with Crippen molar-refractivity contribution in [3.05, 3.63) is 82.7 Å². The highest BCUT2D eigenvalue weighted by molar-refractivity contribution is 14.1. The predicted molar refractivity (Wildman–Crippen MR) is 167 cm³/mol. The van der Waals surface area contributed by atoms with Crippen molar-refractivity contribution in [1.82, 2.24) is 9.66 Å². The second-order valence-electron chi connectivity index (χ2n) is 9.36. The third-order valence-electron chi connectivity index (χ3n) is 5.89. The van der Waals surface area contributed by atoms with Gasteiger partial charge in [-0.2, -0.15) is 9.78 Å². The molecule has 0 atom stereocenters. The first kappa shape index (κ1) is 27.6. The minimum absolute atomic E-state index is 0.0785. The van der Waals surface area contributed by atoms with E-state index in [0.29, 0.717) is 16.7 Å². The number of fused-ring (bicyclic) bond motifs is 1. The normalized spacial score (nSPS) is 11.7. The number of benzene rings is 3. The largest absolute Gasteiger partial charge is 0.496 e. The van der Waals surface area contributed by atoms with Crippen LogP contribution in [0.25, 0.3) is 22.3 Å². The van der Waals surface area contributed by atoms with Crippen LogP contribution in [-0.2, 0) is 0 Å². The maximum absolute atomic E-state index is 13.7. The van der Waals surface area contributed by atoms with Gasteiger partial charge >= 0.3 is 0 Å². The molecule has 0 aliphatic rings. The van der Waals surface area contributed by atoms with E-state index in [-0.39, 0.29) is 17.6 Å². The summed E-state index contributed by atoms with van der Waals surface area (Å²) in [7, 11) is 1.68. The van der Waals surface area contributed by atoms with Gasteiger partial charge in [-0.05, 0) is 125 Å². The number of methoxy groups -OCH3 is 1. The Bertz CT molecular complexity index is 1540. The molecule has 6 nitrogen and oxygen atoms in total. The van der Waals surface area contributed by atoms with Gasteiger partial charge in [-0.1, -0.05) is 26.0 Å². The number of nitrogens with zero attached hydrogens (tertiary/aromatic N) is 3. The van der Waals surface area contributed by atoms with Crippen molar-refractivity contribution in [3.8, 4) is 22.9 Å². The zero-order valence-corrected chi connectivity index (χ0v) is 26.0. The second kappa shape index (κ2) is 11.5. The van der Waals surface area contributed by atoms with Crippen molar-refractivity contribution in [3.63, 3.8) is 0 Å². The predicted octanol–water partition coefficient (Wildman–Crippen LogP) is 7.38. The van der Waals surface area contributed by atoms with Gasteiger partial charge in [0, 0.05) is 5.56 Å². The molecular weight excluding hydrogens is 692 g/mol. The van der Waals surface area contributed by atoms with Gasteiger partial charge in [-0.25, -0.2) is 4.98 Å². The van der Waals surface area contributed by atoms with Crippen molar-refractivity contribution in [2.75, 3.05) is 7.11 Å². The Kier molecular flexibility index (Phi) is 8.57. The van der Waals surface area contributed by atoms with Gasteiger partial charge in [0.1, 0.15) is 11.5 Å². The van der Waals surface area contributed by atoms with Gasteiger partial charge in [0.25, 0.3) is 5.56 Å². The van der Waals surface area contributed by atoms with Crippen LogP contribution in [0.15, 0.2) is 58.4 Å². The summed E-state index contributed by atoms with van der Waals surface area (Å²) in [5.74, 6) is 2.40. The monoisotopic (exact) mass is 721 g/mol. The average Bonchev–Trinajstić information content (AvgIpc) is 2.85. The van der Waals surface area contributed by atoms with Crippen LogP contribution in [0.4, 0.5) is 0 Å². The summed E-state index contributed by atoms with van der Waals surface area (Å²) in [5, 5.41) is 5.19. The van der Waals surface area contributed by atoms with Crippen LogP contribution in [0.1, 0.15) is 50.3 Å². The Morgan fingerprint density at radius 2 is 1.70 bits per heavy atom. The molecule has 0 saturated heterocycles. The highest BCUT2D eigenvalue weighted by atomic mass is 127. The fraction of sp³-hybridized carbons (Fsp3) is 0.276. The van der Waals surface area contributed by atoms with Crippen LogP contribution >= 0.6 is 45.2 Å². The fourth-order valence-corrected chi connectivity index (χ4v) is 6.17. The van der Waals surface area contributed by atoms with Gasteiger partial charge < -0.3 is 9.47 Å². The molecule has 0 aliphatic carbocycles. The number of aryl methyl sites for hydroxylation is 1.